The van der Waals surface area contributed by atoms with Crippen LogP contribution in [0.2, 0.25) is 5.02 Å². The molecule has 0 atom stereocenters. The molecule has 5 fully saturated rings. The van der Waals surface area contributed by atoms with Crippen molar-refractivity contribution in [3.63, 3.8) is 0 Å². The van der Waals surface area contributed by atoms with Crippen LogP contribution in [-0.4, -0.2) is 49.5 Å². The van der Waals surface area contributed by atoms with Crippen LogP contribution in [-0.2, 0) is 13.1 Å². The van der Waals surface area contributed by atoms with Crippen LogP contribution in [0.15, 0.2) is 30.3 Å². The van der Waals surface area contributed by atoms with E-state index < -0.39 is 22.9 Å². The molecule has 9 rings (SSSR count). The van der Waals surface area contributed by atoms with Crippen molar-refractivity contribution < 1.29 is 17.6 Å². The van der Waals surface area contributed by atoms with E-state index in [1.807, 2.05) is 18.2 Å². The van der Waals surface area contributed by atoms with E-state index in [4.69, 9.17) is 16.9 Å². The molecule has 6 aliphatic rings. The second kappa shape index (κ2) is 7.74. The summed E-state index contributed by atoms with van der Waals surface area (Å²) in [6, 6.07) is 10.4. The van der Waals surface area contributed by atoms with Gasteiger partial charge < -0.3 is 4.90 Å². The fraction of sp³-hybridized carbons (Fsp3) is 0.500. The Labute approximate surface area is 232 Å². The number of halogens is 5. The Hall–Kier alpha value is -3.23. The molecule has 40 heavy (non-hydrogen) atoms. The van der Waals surface area contributed by atoms with Crippen LogP contribution in [0.1, 0.15) is 60.9 Å². The zero-order valence-corrected chi connectivity index (χ0v) is 22.1. The summed E-state index contributed by atoms with van der Waals surface area (Å²) in [5, 5.41) is 18.9. The molecule has 2 bridgehead atoms. The fourth-order valence-corrected chi connectivity index (χ4v) is 8.23. The maximum absolute atomic E-state index is 13.7. The molecule has 2 aliphatic heterocycles. The van der Waals surface area contributed by atoms with Gasteiger partial charge in [0.25, 0.3) is 0 Å². The van der Waals surface area contributed by atoms with Gasteiger partial charge in [-0.1, -0.05) is 11.6 Å². The van der Waals surface area contributed by atoms with E-state index in [1.54, 1.807) is 12.1 Å². The zero-order chi connectivity index (χ0) is 27.7. The van der Waals surface area contributed by atoms with E-state index in [9.17, 15) is 17.6 Å². The van der Waals surface area contributed by atoms with Crippen molar-refractivity contribution in [1.29, 1.82) is 5.26 Å². The number of pyridine rings is 1. The minimum Gasteiger partial charge on any atom is -0.355 e. The second-order valence-corrected chi connectivity index (χ2v) is 13.0. The summed E-state index contributed by atoms with van der Waals surface area (Å²) >= 11 is 6.37. The van der Waals surface area contributed by atoms with Crippen molar-refractivity contribution in [3.05, 3.63) is 64.1 Å². The maximum atomic E-state index is 13.7. The van der Waals surface area contributed by atoms with E-state index in [0.717, 1.165) is 48.8 Å². The molecule has 3 aromatic rings. The van der Waals surface area contributed by atoms with Gasteiger partial charge in [-0.05, 0) is 68.0 Å². The lowest BCUT2D eigenvalue weighted by atomic mass is 9.38. The monoisotopic (exact) mass is 569 g/mol. The molecular weight excluding hydrogens is 546 g/mol. The third-order valence-electron chi connectivity index (χ3n) is 10.0. The fourth-order valence-electron chi connectivity index (χ4n) is 8.03. The predicted molar refractivity (Wildman–Crippen MR) is 136 cm³/mol. The average molecular weight is 570 g/mol. The van der Waals surface area contributed by atoms with E-state index in [1.165, 1.54) is 6.07 Å². The number of alkyl halides is 3. The minimum atomic E-state index is -4.16. The van der Waals surface area contributed by atoms with Crippen LogP contribution in [0.25, 0.3) is 5.69 Å². The minimum absolute atomic E-state index is 0.108. The lowest BCUT2D eigenvalue weighted by Crippen LogP contribution is -2.78. The van der Waals surface area contributed by atoms with Gasteiger partial charge in [0.2, 0.25) is 0 Å². The van der Waals surface area contributed by atoms with Crippen LogP contribution in [0.3, 0.4) is 0 Å². The van der Waals surface area contributed by atoms with Crippen molar-refractivity contribution in [3.8, 4) is 11.8 Å². The lowest BCUT2D eigenvalue weighted by Gasteiger charge is -2.73. The first-order valence-electron chi connectivity index (χ1n) is 13.4. The summed E-state index contributed by atoms with van der Waals surface area (Å²) in [5.41, 5.74) is -0.154. The molecule has 1 saturated heterocycles. The Balaban J connectivity index is 1.03. The van der Waals surface area contributed by atoms with Gasteiger partial charge >= 0.3 is 6.18 Å². The number of nitrogens with zero attached hydrogens (tertiary/aromatic N) is 7. The third-order valence-corrected chi connectivity index (χ3v) is 10.3. The molecule has 2 aromatic heterocycles. The molecule has 1 spiro atoms. The van der Waals surface area contributed by atoms with Crippen LogP contribution in [0.4, 0.5) is 23.4 Å². The van der Waals surface area contributed by atoms with Gasteiger partial charge in [0.05, 0.1) is 17.6 Å². The van der Waals surface area contributed by atoms with Gasteiger partial charge in [0.15, 0.2) is 17.3 Å². The summed E-state index contributed by atoms with van der Waals surface area (Å²) < 4.78 is 56.5. The number of nitriles is 1. The zero-order valence-electron chi connectivity index (χ0n) is 21.3. The Morgan fingerprint density at radius 1 is 1.02 bits per heavy atom. The lowest BCUT2D eigenvalue weighted by molar-refractivity contribution is -0.364. The number of rotatable bonds is 3. The molecule has 4 aliphatic carbocycles. The molecule has 0 amide bonds. The van der Waals surface area contributed by atoms with Crippen LogP contribution in [0, 0.1) is 28.0 Å². The van der Waals surface area contributed by atoms with Crippen LogP contribution >= 0.6 is 11.6 Å². The highest BCUT2D eigenvalue weighted by Crippen LogP contribution is 2.75. The Morgan fingerprint density at radius 3 is 2.48 bits per heavy atom. The molecule has 0 unspecified atom stereocenters. The van der Waals surface area contributed by atoms with E-state index in [2.05, 4.69) is 29.5 Å². The number of fused-ring (bicyclic) bond motifs is 3. The third kappa shape index (κ3) is 3.23. The summed E-state index contributed by atoms with van der Waals surface area (Å²) in [6.45, 7) is 2.51. The Bertz CT molecular complexity index is 1590. The van der Waals surface area contributed by atoms with Gasteiger partial charge in [-0.3, -0.25) is 9.47 Å². The highest BCUT2D eigenvalue weighted by atomic mass is 35.5. The molecule has 0 N–H and O–H groups in total. The largest absolute Gasteiger partial charge is 0.394 e. The number of hydrogen-bond acceptors (Lipinski definition) is 6. The first kappa shape index (κ1) is 24.6. The van der Waals surface area contributed by atoms with Gasteiger partial charge in [-0.25, -0.2) is 9.37 Å². The van der Waals surface area contributed by atoms with Crippen molar-refractivity contribution in [2.45, 2.75) is 62.8 Å². The summed E-state index contributed by atoms with van der Waals surface area (Å²) in [7, 11) is 0. The summed E-state index contributed by atoms with van der Waals surface area (Å²) in [4.78, 5) is 8.37. The van der Waals surface area contributed by atoms with Gasteiger partial charge in [-0.15, -0.1) is 10.2 Å². The number of hydrogen-bond donors (Lipinski definition) is 0. The Kier molecular flexibility index (Phi) is 4.75. The topological polar surface area (TPSA) is 73.9 Å². The van der Waals surface area contributed by atoms with Crippen molar-refractivity contribution in [2.75, 3.05) is 18.0 Å². The van der Waals surface area contributed by atoms with Crippen LogP contribution < -0.4 is 4.90 Å². The maximum Gasteiger partial charge on any atom is 0.394 e. The summed E-state index contributed by atoms with van der Waals surface area (Å²) in [5.74, 6) is 1.80. The highest BCUT2D eigenvalue weighted by molar-refractivity contribution is 6.30. The molecule has 4 saturated carbocycles. The molecule has 4 heterocycles. The Morgan fingerprint density at radius 2 is 1.77 bits per heavy atom. The van der Waals surface area contributed by atoms with Crippen molar-refractivity contribution in [2.24, 2.45) is 10.8 Å². The van der Waals surface area contributed by atoms with Crippen LogP contribution in [0.5, 0.6) is 0 Å². The molecule has 12 heteroatoms. The molecule has 0 radical (unpaired) electrons. The van der Waals surface area contributed by atoms with E-state index in [0.29, 0.717) is 23.9 Å². The smallest absolute Gasteiger partial charge is 0.355 e. The van der Waals surface area contributed by atoms with Crippen molar-refractivity contribution >= 4 is 17.4 Å². The van der Waals surface area contributed by atoms with E-state index in [-0.39, 0.29) is 36.3 Å². The number of anilines is 1. The molecule has 7 nitrogen and oxygen atoms in total. The molecule has 1 aromatic carbocycles. The second-order valence-electron chi connectivity index (χ2n) is 12.5. The molecule has 206 valence electrons. The number of benzene rings is 1. The first-order chi connectivity index (χ1) is 19.0. The SMILES string of the molecule is N#Cc1nc(N2CC3(CC(c4nnc5n4-c4ccc(Cl)cc4CN(C46CC(C(F)(F)F)(C4)C6)C5)C3)C2)ccc1F. The standard InChI is InChI=1S/C28H24ClF4N7/c29-18-1-3-21-16(5-18)9-39(27-11-26(12-27,13-27)28(31,32)33)10-23-36-37-24(40(21)23)17-6-25(7-17)14-38(15-25)22-4-2-19(30)20(8-34)35-22/h1-5,17H,6-7,9-15H2. The predicted octanol–water partition coefficient (Wildman–Crippen LogP) is 5.51. The number of aromatic nitrogens is 4. The average Bonchev–Trinajstić information content (AvgIpc) is 3.11. The van der Waals surface area contributed by atoms with Crippen molar-refractivity contribution in [1.82, 2.24) is 24.6 Å². The summed E-state index contributed by atoms with van der Waals surface area (Å²) in [6.07, 6.45) is -1.91. The normalized spacial score (nSPS) is 28.4. The van der Waals surface area contributed by atoms with Gasteiger partial charge in [0.1, 0.15) is 17.7 Å². The van der Waals surface area contributed by atoms with Gasteiger partial charge in [0, 0.05) is 41.5 Å². The first-order valence-corrected chi connectivity index (χ1v) is 13.8. The van der Waals surface area contributed by atoms with Gasteiger partial charge in [-0.2, -0.15) is 18.4 Å². The molecular formula is C28H24ClF4N7. The quantitative estimate of drug-likeness (QED) is 0.387. The van der Waals surface area contributed by atoms with E-state index >= 15 is 0 Å². The highest BCUT2D eigenvalue weighted by Gasteiger charge is 2.80.